The molecule has 0 bridgehead atoms. The standard InChI is InChI=1S/C16H17NO9/c1-8(18)17-11-4-9(7-24-16(22)23)2-3-12(11)25-14-6-10(19)5-13(26-14)15(20)21/h2-5,10,14,19H,6-7H2,1H3,(H,17,18)(H,20,21)(H,22,23). The van der Waals surface area contributed by atoms with Crippen molar-refractivity contribution in [1.82, 2.24) is 0 Å². The van der Waals surface area contributed by atoms with Gasteiger partial charge in [-0.3, -0.25) is 4.79 Å². The number of aliphatic hydroxyl groups excluding tert-OH is 1. The SMILES string of the molecule is CC(=O)Nc1cc(COC(=O)O)ccc1OC1CC(O)C=C(C(=O)O)O1. The Bertz CT molecular complexity index is 743. The summed E-state index contributed by atoms with van der Waals surface area (Å²) in [6.07, 6.45) is -2.55. The Morgan fingerprint density at radius 1 is 1.31 bits per heavy atom. The summed E-state index contributed by atoms with van der Waals surface area (Å²) >= 11 is 0. The van der Waals surface area contributed by atoms with Gasteiger partial charge < -0.3 is 34.8 Å². The first-order chi connectivity index (χ1) is 12.2. The molecule has 0 radical (unpaired) electrons. The number of hydrogen-bond donors (Lipinski definition) is 4. The van der Waals surface area contributed by atoms with Crippen molar-refractivity contribution in [3.8, 4) is 5.75 Å². The van der Waals surface area contributed by atoms with E-state index in [1.165, 1.54) is 25.1 Å². The number of anilines is 1. The first kappa shape index (κ1) is 19.1. The van der Waals surface area contributed by atoms with Gasteiger partial charge in [-0.15, -0.1) is 0 Å². The van der Waals surface area contributed by atoms with Crippen LogP contribution in [0.25, 0.3) is 0 Å². The summed E-state index contributed by atoms with van der Waals surface area (Å²) in [5.74, 6) is -2.04. The van der Waals surface area contributed by atoms with Crippen LogP contribution in [0.1, 0.15) is 18.9 Å². The molecule has 0 spiro atoms. The molecule has 10 nitrogen and oxygen atoms in total. The topological polar surface area (TPSA) is 152 Å². The molecular weight excluding hydrogens is 350 g/mol. The van der Waals surface area contributed by atoms with Gasteiger partial charge in [0, 0.05) is 6.92 Å². The number of ether oxygens (including phenoxy) is 3. The van der Waals surface area contributed by atoms with Gasteiger partial charge in [0.2, 0.25) is 18.0 Å². The van der Waals surface area contributed by atoms with Gasteiger partial charge in [-0.2, -0.15) is 0 Å². The van der Waals surface area contributed by atoms with E-state index in [1.807, 2.05) is 0 Å². The maximum Gasteiger partial charge on any atom is 0.506 e. The van der Waals surface area contributed by atoms with Crippen molar-refractivity contribution < 1.29 is 43.9 Å². The van der Waals surface area contributed by atoms with Crippen molar-refractivity contribution in [3.63, 3.8) is 0 Å². The summed E-state index contributed by atoms with van der Waals surface area (Å²) in [6, 6.07) is 4.41. The molecule has 2 rings (SSSR count). The van der Waals surface area contributed by atoms with Crippen molar-refractivity contribution in [2.45, 2.75) is 32.3 Å². The zero-order chi connectivity index (χ0) is 19.3. The summed E-state index contributed by atoms with van der Waals surface area (Å²) < 4.78 is 15.2. The van der Waals surface area contributed by atoms with Crippen molar-refractivity contribution in [3.05, 3.63) is 35.6 Å². The highest BCUT2D eigenvalue weighted by Gasteiger charge is 2.28. The number of amides is 1. The zero-order valence-corrected chi connectivity index (χ0v) is 13.7. The van der Waals surface area contributed by atoms with Crippen molar-refractivity contribution >= 4 is 23.7 Å². The highest BCUT2D eigenvalue weighted by molar-refractivity contribution is 5.90. The summed E-state index contributed by atoms with van der Waals surface area (Å²) in [5, 5.41) is 29.8. The minimum absolute atomic E-state index is 0.0137. The third kappa shape index (κ3) is 5.38. The third-order valence-corrected chi connectivity index (χ3v) is 3.22. The predicted octanol–water partition coefficient (Wildman–Crippen LogP) is 1.29. The number of carboxylic acids is 1. The highest BCUT2D eigenvalue weighted by atomic mass is 16.7. The van der Waals surface area contributed by atoms with Gasteiger partial charge >= 0.3 is 12.1 Å². The molecule has 0 aromatic heterocycles. The number of carbonyl (C=O) groups is 3. The van der Waals surface area contributed by atoms with Crippen molar-refractivity contribution in [2.75, 3.05) is 5.32 Å². The lowest BCUT2D eigenvalue weighted by Crippen LogP contribution is -2.32. The average molecular weight is 367 g/mol. The fourth-order valence-corrected chi connectivity index (χ4v) is 2.21. The Labute approximate surface area is 147 Å². The van der Waals surface area contributed by atoms with Gasteiger partial charge in [0.05, 0.1) is 18.2 Å². The molecule has 1 aliphatic rings. The van der Waals surface area contributed by atoms with Crippen LogP contribution in [0.4, 0.5) is 10.5 Å². The van der Waals surface area contributed by atoms with E-state index in [0.29, 0.717) is 5.56 Å². The molecular formula is C16H17NO9. The minimum Gasteiger partial charge on any atom is -0.475 e. The molecule has 1 aromatic rings. The molecule has 140 valence electrons. The molecule has 2 atom stereocenters. The maximum atomic E-state index is 11.4. The number of carbonyl (C=O) groups excluding carboxylic acids is 1. The van der Waals surface area contributed by atoms with E-state index >= 15 is 0 Å². The largest absolute Gasteiger partial charge is 0.506 e. The second-order valence-corrected chi connectivity index (χ2v) is 5.37. The Kier molecular flexibility index (Phi) is 6.02. The van der Waals surface area contributed by atoms with E-state index in [2.05, 4.69) is 10.1 Å². The fraction of sp³-hybridized carbons (Fsp3) is 0.312. The van der Waals surface area contributed by atoms with Crippen LogP contribution in [0.2, 0.25) is 0 Å². The number of benzene rings is 1. The summed E-state index contributed by atoms with van der Waals surface area (Å²) in [6.45, 7) is 1.04. The Hall–Kier alpha value is -3.27. The summed E-state index contributed by atoms with van der Waals surface area (Å²) in [7, 11) is 0. The lowest BCUT2D eigenvalue weighted by Gasteiger charge is -2.27. The first-order valence-electron chi connectivity index (χ1n) is 7.47. The van der Waals surface area contributed by atoms with Crippen LogP contribution in [0.15, 0.2) is 30.0 Å². The normalized spacial score (nSPS) is 18.9. The van der Waals surface area contributed by atoms with Crippen LogP contribution < -0.4 is 10.1 Å². The van der Waals surface area contributed by atoms with Gasteiger partial charge in [-0.05, 0) is 23.8 Å². The third-order valence-electron chi connectivity index (χ3n) is 3.22. The molecule has 1 aromatic carbocycles. The van der Waals surface area contributed by atoms with E-state index < -0.39 is 36.2 Å². The van der Waals surface area contributed by atoms with Crippen LogP contribution in [0, 0.1) is 0 Å². The van der Waals surface area contributed by atoms with E-state index in [1.54, 1.807) is 0 Å². The van der Waals surface area contributed by atoms with E-state index in [4.69, 9.17) is 19.7 Å². The fourth-order valence-electron chi connectivity index (χ4n) is 2.21. The molecule has 2 unspecified atom stereocenters. The van der Waals surface area contributed by atoms with Crippen LogP contribution in [0.3, 0.4) is 0 Å². The number of aliphatic hydroxyl groups is 1. The van der Waals surface area contributed by atoms with Gasteiger partial charge in [0.15, 0.2) is 0 Å². The predicted molar refractivity (Wildman–Crippen MR) is 85.4 cm³/mol. The lowest BCUT2D eigenvalue weighted by atomic mass is 10.1. The number of aliphatic carboxylic acids is 1. The average Bonchev–Trinajstić information content (AvgIpc) is 2.54. The van der Waals surface area contributed by atoms with Crippen LogP contribution >= 0.6 is 0 Å². The minimum atomic E-state index is -1.44. The quantitative estimate of drug-likeness (QED) is 0.545. The molecule has 0 saturated heterocycles. The molecule has 1 amide bonds. The molecule has 1 aliphatic heterocycles. The van der Waals surface area contributed by atoms with Gasteiger partial charge in [0.25, 0.3) is 0 Å². The number of rotatable bonds is 6. The van der Waals surface area contributed by atoms with Gasteiger partial charge in [-0.25, -0.2) is 9.59 Å². The summed E-state index contributed by atoms with van der Waals surface area (Å²) in [4.78, 5) is 32.9. The number of hydrogen-bond acceptors (Lipinski definition) is 7. The zero-order valence-electron chi connectivity index (χ0n) is 13.7. The van der Waals surface area contributed by atoms with Gasteiger partial charge in [0.1, 0.15) is 12.4 Å². The molecule has 0 aliphatic carbocycles. The van der Waals surface area contributed by atoms with E-state index in [9.17, 15) is 19.5 Å². The second kappa shape index (κ2) is 8.21. The molecule has 0 fully saturated rings. The number of nitrogens with one attached hydrogen (secondary N) is 1. The van der Waals surface area contributed by atoms with E-state index in [0.717, 1.165) is 6.08 Å². The molecule has 26 heavy (non-hydrogen) atoms. The second-order valence-electron chi connectivity index (χ2n) is 5.37. The van der Waals surface area contributed by atoms with Crippen molar-refractivity contribution in [2.24, 2.45) is 0 Å². The maximum absolute atomic E-state index is 11.4. The monoisotopic (exact) mass is 367 g/mol. The van der Waals surface area contributed by atoms with Crippen LogP contribution in [-0.2, 0) is 25.7 Å². The first-order valence-corrected chi connectivity index (χ1v) is 7.47. The molecule has 10 heteroatoms. The molecule has 4 N–H and O–H groups in total. The summed E-state index contributed by atoms with van der Waals surface area (Å²) in [5.41, 5.74) is 0.674. The lowest BCUT2D eigenvalue weighted by molar-refractivity contribution is -0.146. The highest BCUT2D eigenvalue weighted by Crippen LogP contribution is 2.30. The van der Waals surface area contributed by atoms with Crippen molar-refractivity contribution in [1.29, 1.82) is 0 Å². The van der Waals surface area contributed by atoms with E-state index in [-0.39, 0.29) is 24.5 Å². The Morgan fingerprint density at radius 3 is 2.65 bits per heavy atom. The van der Waals surface area contributed by atoms with Crippen LogP contribution in [-0.4, -0.2) is 45.7 Å². The smallest absolute Gasteiger partial charge is 0.475 e. The molecule has 0 saturated carbocycles. The van der Waals surface area contributed by atoms with Crippen LogP contribution in [0.5, 0.6) is 5.75 Å². The number of carboxylic acid groups (broad SMARTS) is 2. The van der Waals surface area contributed by atoms with Gasteiger partial charge in [-0.1, -0.05) is 6.07 Å². The molecule has 1 heterocycles. The Balaban J connectivity index is 2.19. The Morgan fingerprint density at radius 2 is 2.04 bits per heavy atom.